The van der Waals surface area contributed by atoms with E-state index in [1.165, 1.54) is 18.1 Å². The lowest BCUT2D eigenvalue weighted by Crippen LogP contribution is -2.40. The predicted octanol–water partition coefficient (Wildman–Crippen LogP) is 2.02. The van der Waals surface area contributed by atoms with Crippen LogP contribution < -0.4 is 0 Å². The van der Waals surface area contributed by atoms with Crippen molar-refractivity contribution in [3.8, 4) is 11.3 Å². The van der Waals surface area contributed by atoms with Gasteiger partial charge in [0.25, 0.3) is 0 Å². The second-order valence-electron chi connectivity index (χ2n) is 6.14. The summed E-state index contributed by atoms with van der Waals surface area (Å²) in [6.07, 6.45) is 5.21. The van der Waals surface area contributed by atoms with Crippen LogP contribution in [0.25, 0.3) is 11.3 Å². The number of aromatic nitrogens is 6. The normalized spacial score (nSPS) is 15.3. The van der Waals surface area contributed by atoms with Crippen LogP contribution in [0.1, 0.15) is 18.9 Å². The average molecular weight is 369 g/mol. The molecule has 9 heteroatoms. The molecule has 1 aliphatic rings. The first-order valence-electron chi connectivity index (χ1n) is 8.53. The van der Waals surface area contributed by atoms with Gasteiger partial charge in [-0.2, -0.15) is 5.10 Å². The van der Waals surface area contributed by atoms with E-state index in [4.69, 9.17) is 0 Å². The Bertz CT molecular complexity index is 841. The molecule has 134 valence electrons. The fourth-order valence-electron chi connectivity index (χ4n) is 3.06. The molecule has 26 heavy (non-hydrogen) atoms. The van der Waals surface area contributed by atoms with Gasteiger partial charge in [-0.05, 0) is 12.8 Å². The van der Waals surface area contributed by atoms with Gasteiger partial charge in [0.05, 0.1) is 18.0 Å². The Morgan fingerprint density at radius 3 is 2.77 bits per heavy atom. The molecule has 0 aliphatic carbocycles. The minimum atomic E-state index is 0.133. The van der Waals surface area contributed by atoms with E-state index in [1.54, 1.807) is 0 Å². The van der Waals surface area contributed by atoms with Crippen LogP contribution in [0.5, 0.6) is 0 Å². The lowest BCUT2D eigenvalue weighted by atomic mass is 10.1. The topological polar surface area (TPSA) is 92.6 Å². The number of hydrogen-bond acceptors (Lipinski definition) is 6. The summed E-state index contributed by atoms with van der Waals surface area (Å²) >= 11 is 1.38. The van der Waals surface area contributed by atoms with Gasteiger partial charge in [-0.1, -0.05) is 47.3 Å². The molecule has 1 saturated heterocycles. The number of carbonyl (C=O) groups is 1. The molecule has 0 spiro atoms. The second-order valence-corrected chi connectivity index (χ2v) is 7.11. The number of hydrogen-bond donors (Lipinski definition) is 1. The predicted molar refractivity (Wildman–Crippen MR) is 97.4 cm³/mol. The summed E-state index contributed by atoms with van der Waals surface area (Å²) in [4.78, 5) is 18.3. The largest absolute Gasteiger partial charge is 0.342 e. The maximum Gasteiger partial charge on any atom is 0.233 e. The number of likely N-dealkylation sites (tertiary alicyclic amines) is 1. The molecular formula is C17H19N7OS. The first-order valence-corrected chi connectivity index (χ1v) is 9.51. The third-order valence-electron chi connectivity index (χ3n) is 4.50. The van der Waals surface area contributed by atoms with E-state index in [0.717, 1.165) is 37.2 Å². The highest BCUT2D eigenvalue weighted by atomic mass is 32.2. The van der Waals surface area contributed by atoms with Crippen LogP contribution in [0.3, 0.4) is 0 Å². The summed E-state index contributed by atoms with van der Waals surface area (Å²) in [6, 6.07) is 10.3. The monoisotopic (exact) mass is 369 g/mol. The molecule has 3 heterocycles. The van der Waals surface area contributed by atoms with E-state index in [9.17, 15) is 4.79 Å². The van der Waals surface area contributed by atoms with Crippen molar-refractivity contribution in [1.29, 1.82) is 0 Å². The second kappa shape index (κ2) is 7.69. The highest BCUT2D eigenvalue weighted by Gasteiger charge is 2.25. The summed E-state index contributed by atoms with van der Waals surface area (Å²) in [6.45, 7) is 1.47. The number of nitrogens with one attached hydrogen (secondary N) is 1. The fraction of sp³-hybridized carbons (Fsp3) is 0.353. The van der Waals surface area contributed by atoms with Gasteiger partial charge >= 0.3 is 0 Å². The fourth-order valence-corrected chi connectivity index (χ4v) is 3.74. The van der Waals surface area contributed by atoms with E-state index in [-0.39, 0.29) is 11.9 Å². The average Bonchev–Trinajstić information content (AvgIpc) is 3.39. The summed E-state index contributed by atoms with van der Waals surface area (Å²) in [5.74, 6) is 0.509. The van der Waals surface area contributed by atoms with Gasteiger partial charge in [-0.15, -0.1) is 5.10 Å². The molecule has 4 rings (SSSR count). The van der Waals surface area contributed by atoms with E-state index >= 15 is 0 Å². The molecule has 0 saturated carbocycles. The lowest BCUT2D eigenvalue weighted by molar-refractivity contribution is -0.129. The minimum absolute atomic E-state index is 0.133. The number of H-pyrrole nitrogens is 1. The maximum atomic E-state index is 12.3. The van der Waals surface area contributed by atoms with Crippen molar-refractivity contribution in [3.63, 3.8) is 0 Å². The molecule has 1 fully saturated rings. The molecule has 8 nitrogen and oxygen atoms in total. The molecule has 0 unspecified atom stereocenters. The number of aromatic amines is 1. The molecule has 1 N–H and O–H groups in total. The maximum absolute atomic E-state index is 12.3. The minimum Gasteiger partial charge on any atom is -0.342 e. The van der Waals surface area contributed by atoms with E-state index in [0.29, 0.717) is 10.9 Å². The van der Waals surface area contributed by atoms with Crippen molar-refractivity contribution >= 4 is 17.7 Å². The van der Waals surface area contributed by atoms with Crippen LogP contribution in [0, 0.1) is 0 Å². The standard InChI is InChI=1S/C17H19N7OS/c25-16(11-26-17-18-12-19-21-17)23-8-6-14(7-9-23)24-10-15(20-22-24)13-4-2-1-3-5-13/h1-5,10,12,14H,6-9,11H2,(H,18,19,21). The zero-order chi connectivity index (χ0) is 17.8. The third-order valence-corrected chi connectivity index (χ3v) is 5.36. The van der Waals surface area contributed by atoms with Crippen molar-refractivity contribution in [2.75, 3.05) is 18.8 Å². The Morgan fingerprint density at radius 1 is 1.23 bits per heavy atom. The number of nitrogens with zero attached hydrogens (tertiary/aromatic N) is 6. The zero-order valence-electron chi connectivity index (χ0n) is 14.2. The van der Waals surface area contributed by atoms with Gasteiger partial charge in [-0.3, -0.25) is 9.89 Å². The number of carbonyl (C=O) groups excluding carboxylic acids is 1. The SMILES string of the molecule is O=C(CSc1ncn[nH]1)N1CCC(n2cc(-c3ccccc3)nn2)CC1. The smallest absolute Gasteiger partial charge is 0.233 e. The Hall–Kier alpha value is -2.68. The van der Waals surface area contributed by atoms with Crippen LogP contribution in [-0.2, 0) is 4.79 Å². The van der Waals surface area contributed by atoms with Crippen molar-refractivity contribution in [1.82, 2.24) is 35.1 Å². The van der Waals surface area contributed by atoms with Gasteiger partial charge in [0, 0.05) is 18.7 Å². The first-order chi connectivity index (χ1) is 12.8. The van der Waals surface area contributed by atoms with Gasteiger partial charge in [0.1, 0.15) is 12.0 Å². The van der Waals surface area contributed by atoms with Gasteiger partial charge in [0.2, 0.25) is 5.91 Å². The van der Waals surface area contributed by atoms with Crippen molar-refractivity contribution < 1.29 is 4.79 Å². The Balaban J connectivity index is 1.31. The van der Waals surface area contributed by atoms with E-state index < -0.39 is 0 Å². The number of amides is 1. The van der Waals surface area contributed by atoms with Gasteiger partial charge < -0.3 is 4.90 Å². The molecule has 1 aromatic carbocycles. The molecule has 2 aromatic heterocycles. The van der Waals surface area contributed by atoms with Crippen molar-refractivity contribution in [2.45, 2.75) is 24.0 Å². The van der Waals surface area contributed by atoms with Crippen LogP contribution in [0.2, 0.25) is 0 Å². The highest BCUT2D eigenvalue weighted by molar-refractivity contribution is 7.99. The van der Waals surface area contributed by atoms with Crippen LogP contribution in [-0.4, -0.2) is 59.8 Å². The lowest BCUT2D eigenvalue weighted by Gasteiger charge is -2.31. The van der Waals surface area contributed by atoms with Crippen LogP contribution in [0.15, 0.2) is 48.0 Å². The van der Waals surface area contributed by atoms with E-state index in [2.05, 4.69) is 25.5 Å². The molecule has 3 aromatic rings. The molecule has 0 bridgehead atoms. The zero-order valence-corrected chi connectivity index (χ0v) is 15.0. The van der Waals surface area contributed by atoms with Gasteiger partial charge in [0.15, 0.2) is 5.16 Å². The molecule has 1 aliphatic heterocycles. The first kappa shape index (κ1) is 16.8. The van der Waals surface area contributed by atoms with Crippen LogP contribution >= 0.6 is 11.8 Å². The Kier molecular flexibility index (Phi) is 4.96. The van der Waals surface area contributed by atoms with Crippen molar-refractivity contribution in [2.24, 2.45) is 0 Å². The van der Waals surface area contributed by atoms with Gasteiger partial charge in [-0.25, -0.2) is 9.67 Å². The number of piperidine rings is 1. The third kappa shape index (κ3) is 3.77. The Morgan fingerprint density at radius 2 is 2.04 bits per heavy atom. The van der Waals surface area contributed by atoms with E-state index in [1.807, 2.05) is 46.1 Å². The number of benzene rings is 1. The Labute approximate surface area is 155 Å². The highest BCUT2D eigenvalue weighted by Crippen LogP contribution is 2.24. The molecular weight excluding hydrogens is 350 g/mol. The number of rotatable bonds is 5. The molecule has 0 radical (unpaired) electrons. The quantitative estimate of drug-likeness (QED) is 0.692. The molecule has 1 amide bonds. The summed E-state index contributed by atoms with van der Waals surface area (Å²) in [5, 5.41) is 15.8. The summed E-state index contributed by atoms with van der Waals surface area (Å²) in [5.41, 5.74) is 1.95. The summed E-state index contributed by atoms with van der Waals surface area (Å²) in [7, 11) is 0. The molecule has 0 atom stereocenters. The number of thioether (sulfide) groups is 1. The van der Waals surface area contributed by atoms with Crippen LogP contribution in [0.4, 0.5) is 0 Å². The summed E-state index contributed by atoms with van der Waals surface area (Å²) < 4.78 is 1.94. The van der Waals surface area contributed by atoms with Crippen molar-refractivity contribution in [3.05, 3.63) is 42.9 Å².